The Kier molecular flexibility index (Phi) is 7.64. The van der Waals surface area contributed by atoms with Gasteiger partial charge in [0.25, 0.3) is 11.7 Å². The van der Waals surface area contributed by atoms with E-state index in [-0.39, 0.29) is 30.6 Å². The zero-order valence-corrected chi connectivity index (χ0v) is 21.5. The Labute approximate surface area is 214 Å². The van der Waals surface area contributed by atoms with Crippen molar-refractivity contribution in [3.63, 3.8) is 0 Å². The number of ether oxygens (including phenoxy) is 3. The van der Waals surface area contributed by atoms with E-state index in [0.717, 1.165) is 10.4 Å². The third-order valence-corrected chi connectivity index (χ3v) is 6.75. The van der Waals surface area contributed by atoms with Crippen LogP contribution in [0.25, 0.3) is 5.76 Å². The Morgan fingerprint density at radius 2 is 1.81 bits per heavy atom. The Morgan fingerprint density at radius 1 is 1.08 bits per heavy atom. The fourth-order valence-electron chi connectivity index (χ4n) is 4.13. The van der Waals surface area contributed by atoms with E-state index in [4.69, 9.17) is 14.2 Å². The van der Waals surface area contributed by atoms with Gasteiger partial charge in [-0.25, -0.2) is 0 Å². The first-order chi connectivity index (χ1) is 17.3. The minimum atomic E-state index is -0.712. The molecule has 2 heterocycles. The number of aliphatic hydroxyl groups is 1. The van der Waals surface area contributed by atoms with Crippen LogP contribution < -0.4 is 14.2 Å². The fourth-order valence-corrected chi connectivity index (χ4v) is 4.97. The molecule has 1 fully saturated rings. The molecule has 36 heavy (non-hydrogen) atoms. The zero-order valence-electron chi connectivity index (χ0n) is 20.7. The van der Waals surface area contributed by atoms with Gasteiger partial charge in [-0.15, -0.1) is 11.3 Å². The lowest BCUT2D eigenvalue weighted by Crippen LogP contribution is -2.33. The number of nitrogens with zero attached hydrogens (tertiary/aromatic N) is 1. The summed E-state index contributed by atoms with van der Waals surface area (Å²) in [5.41, 5.74) is 1.35. The molecule has 1 saturated heterocycles. The minimum Gasteiger partial charge on any atom is -0.507 e. The Hall–Kier alpha value is -3.78. The van der Waals surface area contributed by atoms with Crippen LogP contribution in [0, 0.1) is 6.92 Å². The first-order valence-electron chi connectivity index (χ1n) is 11.7. The largest absolute Gasteiger partial charge is 0.507 e. The van der Waals surface area contributed by atoms with Crippen molar-refractivity contribution in [1.29, 1.82) is 0 Å². The van der Waals surface area contributed by atoms with Crippen LogP contribution in [-0.4, -0.2) is 48.1 Å². The van der Waals surface area contributed by atoms with Gasteiger partial charge in [0.15, 0.2) is 0 Å². The molecule has 8 heteroatoms. The summed E-state index contributed by atoms with van der Waals surface area (Å²) >= 11 is 1.42. The van der Waals surface area contributed by atoms with E-state index in [0.29, 0.717) is 22.8 Å². The first-order valence-corrected chi connectivity index (χ1v) is 12.5. The van der Waals surface area contributed by atoms with E-state index in [1.54, 1.807) is 49.6 Å². The lowest BCUT2D eigenvalue weighted by Gasteiger charge is -2.24. The summed E-state index contributed by atoms with van der Waals surface area (Å²) in [4.78, 5) is 28.5. The molecule has 4 rings (SSSR count). The topological polar surface area (TPSA) is 85.3 Å². The molecular formula is C28H29NO6S. The van der Waals surface area contributed by atoms with Crippen molar-refractivity contribution in [2.24, 2.45) is 0 Å². The molecule has 1 N–H and O–H groups in total. The molecule has 0 spiro atoms. The molecular weight excluding hydrogens is 478 g/mol. The Bertz CT molecular complexity index is 1260. The number of hydrogen-bond acceptors (Lipinski definition) is 7. The number of aryl methyl sites for hydroxylation is 1. The number of carbonyl (C=O) groups excluding carboxylic acids is 2. The number of carbonyl (C=O) groups is 2. The highest BCUT2D eigenvalue weighted by molar-refractivity contribution is 7.10. The van der Waals surface area contributed by atoms with Gasteiger partial charge in [-0.05, 0) is 80.2 Å². The maximum Gasteiger partial charge on any atom is 0.295 e. The number of hydrogen-bond donors (Lipinski definition) is 1. The molecule has 1 aliphatic heterocycles. The maximum atomic E-state index is 13.2. The van der Waals surface area contributed by atoms with Gasteiger partial charge < -0.3 is 24.2 Å². The number of likely N-dealkylation sites (tertiary alicyclic amines) is 1. The van der Waals surface area contributed by atoms with Crippen LogP contribution in [-0.2, 0) is 9.59 Å². The molecule has 3 aromatic rings. The second-order valence-corrected chi connectivity index (χ2v) is 9.66. The maximum absolute atomic E-state index is 13.2. The predicted octanol–water partition coefficient (Wildman–Crippen LogP) is 5.35. The van der Waals surface area contributed by atoms with Gasteiger partial charge in [-0.1, -0.05) is 6.07 Å². The second kappa shape index (κ2) is 10.9. The van der Waals surface area contributed by atoms with E-state index in [9.17, 15) is 14.7 Å². The summed E-state index contributed by atoms with van der Waals surface area (Å²) < 4.78 is 16.8. The minimum absolute atomic E-state index is 0.00688. The van der Waals surface area contributed by atoms with E-state index >= 15 is 0 Å². The molecule has 0 aliphatic carbocycles. The summed E-state index contributed by atoms with van der Waals surface area (Å²) in [6.07, 6.45) is 0.00688. The molecule has 1 amide bonds. The van der Waals surface area contributed by atoms with Crippen molar-refractivity contribution in [2.75, 3.05) is 20.3 Å². The standard InChI is InChI=1S/C28H29NO6S/c1-17(2)35-22-12-7-19(16-18(22)3)26(30)24-25(23-6-5-15-36-23)29(28(32)27(24)31)13-14-34-21-10-8-20(33-4)9-11-21/h5-12,15-17,25,30H,13-14H2,1-4H3/b26-24-. The fraction of sp³-hybridized carbons (Fsp3) is 0.286. The Balaban J connectivity index is 1.62. The highest BCUT2D eigenvalue weighted by Crippen LogP contribution is 2.41. The number of thiophene rings is 1. The molecule has 1 aromatic heterocycles. The van der Waals surface area contributed by atoms with E-state index < -0.39 is 17.7 Å². The Morgan fingerprint density at radius 3 is 2.42 bits per heavy atom. The third-order valence-electron chi connectivity index (χ3n) is 5.82. The average molecular weight is 508 g/mol. The number of ketones is 1. The smallest absolute Gasteiger partial charge is 0.295 e. The van der Waals surface area contributed by atoms with Crippen molar-refractivity contribution in [3.8, 4) is 17.2 Å². The number of amides is 1. The molecule has 1 unspecified atom stereocenters. The molecule has 7 nitrogen and oxygen atoms in total. The third kappa shape index (κ3) is 5.23. The summed E-state index contributed by atoms with van der Waals surface area (Å²) in [5.74, 6) is 0.459. The van der Waals surface area contributed by atoms with Gasteiger partial charge in [-0.2, -0.15) is 0 Å². The molecule has 0 saturated carbocycles. The summed E-state index contributed by atoms with van der Waals surface area (Å²) in [6.45, 7) is 6.11. The van der Waals surface area contributed by atoms with Crippen LogP contribution in [0.2, 0.25) is 0 Å². The quantitative estimate of drug-likeness (QED) is 0.239. The highest BCUT2D eigenvalue weighted by atomic mass is 32.1. The van der Waals surface area contributed by atoms with Gasteiger partial charge >= 0.3 is 0 Å². The summed E-state index contributed by atoms with van der Waals surface area (Å²) in [5, 5.41) is 13.1. The number of rotatable bonds is 9. The lowest BCUT2D eigenvalue weighted by atomic mass is 9.98. The molecule has 188 valence electrons. The molecule has 1 aliphatic rings. The van der Waals surface area contributed by atoms with Gasteiger partial charge in [0.05, 0.1) is 31.4 Å². The van der Waals surface area contributed by atoms with Crippen LogP contribution in [0.4, 0.5) is 0 Å². The van der Waals surface area contributed by atoms with Crippen molar-refractivity contribution >= 4 is 28.8 Å². The van der Waals surface area contributed by atoms with Crippen molar-refractivity contribution in [2.45, 2.75) is 32.9 Å². The molecule has 0 bridgehead atoms. The number of methoxy groups -OCH3 is 1. The van der Waals surface area contributed by atoms with Crippen molar-refractivity contribution in [1.82, 2.24) is 4.90 Å². The van der Waals surface area contributed by atoms with Gasteiger partial charge in [-0.3, -0.25) is 9.59 Å². The number of aliphatic hydroxyl groups excluding tert-OH is 1. The molecule has 2 aromatic carbocycles. The number of Topliss-reactive ketones (excluding diaryl/α,β-unsaturated/α-hetero) is 1. The zero-order chi connectivity index (χ0) is 25.8. The van der Waals surface area contributed by atoms with Crippen LogP contribution in [0.1, 0.15) is 35.9 Å². The second-order valence-electron chi connectivity index (χ2n) is 8.68. The van der Waals surface area contributed by atoms with Gasteiger partial charge in [0.2, 0.25) is 0 Å². The SMILES string of the molecule is COc1ccc(OCCN2C(=O)C(=O)/C(=C(\O)c3ccc(OC(C)C)c(C)c3)C2c2cccs2)cc1. The average Bonchev–Trinajstić information content (AvgIpc) is 3.48. The summed E-state index contributed by atoms with van der Waals surface area (Å²) in [6, 6.07) is 15.4. The number of benzene rings is 2. The van der Waals surface area contributed by atoms with Crippen LogP contribution in [0.5, 0.6) is 17.2 Å². The van der Waals surface area contributed by atoms with Gasteiger partial charge in [0, 0.05) is 10.4 Å². The molecule has 0 radical (unpaired) electrons. The predicted molar refractivity (Wildman–Crippen MR) is 139 cm³/mol. The highest BCUT2D eigenvalue weighted by Gasteiger charge is 2.46. The monoisotopic (exact) mass is 507 g/mol. The summed E-state index contributed by atoms with van der Waals surface area (Å²) in [7, 11) is 1.59. The van der Waals surface area contributed by atoms with E-state index in [2.05, 4.69) is 0 Å². The first kappa shape index (κ1) is 25.3. The van der Waals surface area contributed by atoms with Crippen LogP contribution in [0.3, 0.4) is 0 Å². The van der Waals surface area contributed by atoms with Crippen LogP contribution in [0.15, 0.2) is 65.6 Å². The molecule has 1 atom stereocenters. The van der Waals surface area contributed by atoms with Crippen molar-refractivity contribution in [3.05, 3.63) is 81.6 Å². The van der Waals surface area contributed by atoms with E-state index in [1.165, 1.54) is 16.2 Å². The van der Waals surface area contributed by atoms with Gasteiger partial charge in [0.1, 0.15) is 29.6 Å². The van der Waals surface area contributed by atoms with E-state index in [1.807, 2.05) is 38.3 Å². The normalized spacial score (nSPS) is 17.0. The van der Waals surface area contributed by atoms with Crippen molar-refractivity contribution < 1.29 is 28.9 Å². The van der Waals surface area contributed by atoms with Crippen LogP contribution >= 0.6 is 11.3 Å². The lowest BCUT2D eigenvalue weighted by molar-refractivity contribution is -0.140.